The molecule has 0 fully saturated rings. The normalized spacial score (nSPS) is 11.4. The number of sulfonamides is 1. The predicted octanol–water partition coefficient (Wildman–Crippen LogP) is 2.12. The van der Waals surface area contributed by atoms with Crippen LogP contribution in [0.2, 0.25) is 0 Å². The molecule has 1 heterocycles. The number of nitrogens with zero attached hydrogens (tertiary/aromatic N) is 1. The van der Waals surface area contributed by atoms with Gasteiger partial charge in [0.25, 0.3) is 10.0 Å². The van der Waals surface area contributed by atoms with Crippen molar-refractivity contribution in [3.63, 3.8) is 0 Å². The zero-order valence-corrected chi connectivity index (χ0v) is 12.9. The maximum absolute atomic E-state index is 13.3. The van der Waals surface area contributed by atoms with Crippen LogP contribution in [0, 0.1) is 12.7 Å². The van der Waals surface area contributed by atoms with Gasteiger partial charge in [0, 0.05) is 0 Å². The second-order valence-electron chi connectivity index (χ2n) is 4.10. The van der Waals surface area contributed by atoms with Gasteiger partial charge in [-0.1, -0.05) is 0 Å². The molecule has 1 aromatic carbocycles. The quantitative estimate of drug-likeness (QED) is 0.755. The monoisotopic (exact) mass is 377 g/mol. The van der Waals surface area contributed by atoms with Crippen molar-refractivity contribution in [3.8, 4) is 0 Å². The molecule has 0 radical (unpaired) electrons. The number of aromatic nitrogens is 2. The molecule has 3 N–H and O–H groups in total. The van der Waals surface area contributed by atoms with Gasteiger partial charge < -0.3 is 5.11 Å². The summed E-state index contributed by atoms with van der Waals surface area (Å²) in [7, 11) is -4.19. The van der Waals surface area contributed by atoms with Gasteiger partial charge >= 0.3 is 5.97 Å². The number of anilines is 1. The van der Waals surface area contributed by atoms with Crippen LogP contribution in [-0.4, -0.2) is 29.7 Å². The van der Waals surface area contributed by atoms with Crippen molar-refractivity contribution in [1.82, 2.24) is 10.2 Å². The van der Waals surface area contributed by atoms with E-state index in [4.69, 9.17) is 5.11 Å². The molecular formula is C11H9BrFN3O4S. The lowest BCUT2D eigenvalue weighted by Gasteiger charge is -2.10. The highest BCUT2D eigenvalue weighted by molar-refractivity contribution is 9.10. The molecule has 0 unspecified atom stereocenters. The molecule has 0 saturated carbocycles. The third-order valence-corrected chi connectivity index (χ3v) is 4.56. The average Bonchev–Trinajstić information content (AvgIpc) is 2.85. The van der Waals surface area contributed by atoms with E-state index in [1.807, 2.05) is 0 Å². The number of H-pyrrole nitrogens is 1. The van der Waals surface area contributed by atoms with Crippen LogP contribution in [0.4, 0.5) is 10.1 Å². The van der Waals surface area contributed by atoms with E-state index in [-0.39, 0.29) is 10.2 Å². The number of aromatic carboxylic acids is 1. The van der Waals surface area contributed by atoms with Gasteiger partial charge in [-0.2, -0.15) is 13.5 Å². The summed E-state index contributed by atoms with van der Waals surface area (Å²) in [4.78, 5) is 10.9. The minimum absolute atomic E-state index is 0.0777. The number of halogens is 2. The molecule has 10 heteroatoms. The number of carboxylic acid groups (broad SMARTS) is 1. The van der Waals surface area contributed by atoms with Crippen LogP contribution in [0.5, 0.6) is 0 Å². The second-order valence-corrected chi connectivity index (χ2v) is 6.58. The minimum Gasteiger partial charge on any atom is -0.478 e. The summed E-state index contributed by atoms with van der Waals surface area (Å²) < 4.78 is 40.0. The third kappa shape index (κ3) is 3.05. The van der Waals surface area contributed by atoms with E-state index < -0.39 is 32.4 Å². The van der Waals surface area contributed by atoms with Crippen LogP contribution in [0.15, 0.2) is 27.8 Å². The standard InChI is InChI=1S/C11H9BrFN3O4S/c1-5-2-8(13)7(12)3-9(5)16-21(19,20)10-6(11(17)18)4-14-15-10/h2-4,16H,1H3,(H,14,15)(H,17,18). The Morgan fingerprint density at radius 2 is 2.14 bits per heavy atom. The third-order valence-electron chi connectivity index (χ3n) is 2.62. The topological polar surface area (TPSA) is 112 Å². The average molecular weight is 378 g/mol. The Hall–Kier alpha value is -1.94. The van der Waals surface area contributed by atoms with E-state index in [9.17, 15) is 17.6 Å². The van der Waals surface area contributed by atoms with E-state index in [0.717, 1.165) is 12.3 Å². The summed E-state index contributed by atoms with van der Waals surface area (Å²) in [6.07, 6.45) is 0.893. The molecule has 21 heavy (non-hydrogen) atoms. The molecule has 0 amide bonds. The molecule has 0 atom stereocenters. The summed E-state index contributed by atoms with van der Waals surface area (Å²) in [5.74, 6) is -1.97. The number of hydrogen-bond acceptors (Lipinski definition) is 4. The van der Waals surface area contributed by atoms with Gasteiger partial charge in [-0.05, 0) is 40.5 Å². The number of aromatic amines is 1. The number of nitrogens with one attached hydrogen (secondary N) is 2. The Bertz CT molecular complexity index is 819. The van der Waals surface area contributed by atoms with Crippen molar-refractivity contribution in [1.29, 1.82) is 0 Å². The number of aryl methyl sites for hydroxylation is 1. The summed E-state index contributed by atoms with van der Waals surface area (Å²) in [5, 5.41) is 13.9. The number of carbonyl (C=O) groups is 1. The number of hydrogen-bond donors (Lipinski definition) is 3. The smallest absolute Gasteiger partial charge is 0.340 e. The fourth-order valence-electron chi connectivity index (χ4n) is 1.58. The highest BCUT2D eigenvalue weighted by Crippen LogP contribution is 2.26. The molecule has 2 rings (SSSR count). The van der Waals surface area contributed by atoms with E-state index in [1.54, 1.807) is 0 Å². The van der Waals surface area contributed by atoms with Gasteiger partial charge in [0.15, 0.2) is 5.03 Å². The van der Waals surface area contributed by atoms with Crippen molar-refractivity contribution >= 4 is 37.6 Å². The Morgan fingerprint density at radius 1 is 1.48 bits per heavy atom. The zero-order chi connectivity index (χ0) is 15.8. The maximum atomic E-state index is 13.3. The van der Waals surface area contributed by atoms with E-state index in [1.165, 1.54) is 13.0 Å². The maximum Gasteiger partial charge on any atom is 0.340 e. The van der Waals surface area contributed by atoms with Crippen molar-refractivity contribution in [3.05, 3.63) is 39.7 Å². The highest BCUT2D eigenvalue weighted by Gasteiger charge is 2.25. The van der Waals surface area contributed by atoms with Crippen LogP contribution in [0.1, 0.15) is 15.9 Å². The first-order valence-corrected chi connectivity index (χ1v) is 7.75. The molecule has 0 aliphatic rings. The van der Waals surface area contributed by atoms with Crippen molar-refractivity contribution in [2.75, 3.05) is 4.72 Å². The Labute approximate surface area is 127 Å². The Morgan fingerprint density at radius 3 is 2.76 bits per heavy atom. The van der Waals surface area contributed by atoms with Gasteiger partial charge in [0.2, 0.25) is 0 Å². The molecule has 0 aliphatic carbocycles. The first-order chi connectivity index (χ1) is 9.72. The summed E-state index contributed by atoms with van der Waals surface area (Å²) in [6, 6.07) is 2.39. The van der Waals surface area contributed by atoms with Gasteiger partial charge in [0.05, 0.1) is 16.4 Å². The fourth-order valence-corrected chi connectivity index (χ4v) is 3.14. The van der Waals surface area contributed by atoms with Gasteiger partial charge in [-0.25, -0.2) is 9.18 Å². The van der Waals surface area contributed by atoms with Crippen LogP contribution in [-0.2, 0) is 10.0 Å². The largest absolute Gasteiger partial charge is 0.478 e. The number of benzene rings is 1. The predicted molar refractivity (Wildman–Crippen MR) is 75.2 cm³/mol. The van der Waals surface area contributed by atoms with Gasteiger partial charge in [-0.15, -0.1) is 0 Å². The lowest BCUT2D eigenvalue weighted by Crippen LogP contribution is -2.17. The summed E-state index contributed by atoms with van der Waals surface area (Å²) in [5.41, 5.74) is -0.0220. The first kappa shape index (κ1) is 15.4. The fraction of sp³-hybridized carbons (Fsp3) is 0.0909. The Kier molecular flexibility index (Phi) is 4.01. The van der Waals surface area contributed by atoms with Crippen molar-refractivity contribution < 1.29 is 22.7 Å². The van der Waals surface area contributed by atoms with Gasteiger partial charge in [-0.3, -0.25) is 9.82 Å². The molecule has 112 valence electrons. The lowest BCUT2D eigenvalue weighted by molar-refractivity contribution is 0.0692. The van der Waals surface area contributed by atoms with Crippen LogP contribution in [0.25, 0.3) is 0 Å². The molecule has 0 aliphatic heterocycles. The first-order valence-electron chi connectivity index (χ1n) is 5.47. The Balaban J connectivity index is 2.45. The van der Waals surface area contributed by atoms with Gasteiger partial charge in [0.1, 0.15) is 11.4 Å². The van der Waals surface area contributed by atoms with E-state index in [0.29, 0.717) is 5.56 Å². The van der Waals surface area contributed by atoms with E-state index in [2.05, 4.69) is 30.8 Å². The molecule has 0 bridgehead atoms. The minimum atomic E-state index is -4.19. The SMILES string of the molecule is Cc1cc(F)c(Br)cc1NS(=O)(=O)c1[nH]ncc1C(=O)O. The zero-order valence-electron chi connectivity index (χ0n) is 10.5. The lowest BCUT2D eigenvalue weighted by atomic mass is 10.2. The van der Waals surface area contributed by atoms with E-state index >= 15 is 0 Å². The number of rotatable bonds is 4. The summed E-state index contributed by atoms with van der Waals surface area (Å²) >= 11 is 2.95. The molecule has 0 spiro atoms. The highest BCUT2D eigenvalue weighted by atomic mass is 79.9. The van der Waals surface area contributed by atoms with Crippen LogP contribution in [0.3, 0.4) is 0 Å². The molecule has 2 aromatic rings. The van der Waals surface area contributed by atoms with Crippen molar-refractivity contribution in [2.45, 2.75) is 11.9 Å². The van der Waals surface area contributed by atoms with Crippen LogP contribution >= 0.6 is 15.9 Å². The molecule has 0 saturated heterocycles. The molecule has 7 nitrogen and oxygen atoms in total. The van der Waals surface area contributed by atoms with Crippen molar-refractivity contribution in [2.24, 2.45) is 0 Å². The molecule has 1 aromatic heterocycles. The van der Waals surface area contributed by atoms with Crippen LogP contribution < -0.4 is 4.72 Å². The molecular weight excluding hydrogens is 369 g/mol. The summed E-state index contributed by atoms with van der Waals surface area (Å²) in [6.45, 7) is 1.51. The second kappa shape index (κ2) is 5.45. The number of carboxylic acids is 1.